The standard InChI is InChI=1S/C13H14F2N2O4/c14-8-5-9(15)12(17(20)21)10(6-8)16-13(7-11(18)19)3-1-2-4-13/h5-6,16H,1-4,7H2,(H,18,19). The van der Waals surface area contributed by atoms with E-state index in [0.29, 0.717) is 18.9 Å². The van der Waals surface area contributed by atoms with Crippen molar-refractivity contribution < 1.29 is 23.6 Å². The van der Waals surface area contributed by atoms with Gasteiger partial charge in [0.25, 0.3) is 0 Å². The molecule has 0 radical (unpaired) electrons. The van der Waals surface area contributed by atoms with Gasteiger partial charge in [0.05, 0.1) is 11.3 Å². The normalized spacial score (nSPS) is 16.7. The number of aliphatic carboxylic acids is 1. The number of nitro groups is 1. The molecule has 1 aliphatic carbocycles. The molecule has 2 rings (SSSR count). The lowest BCUT2D eigenvalue weighted by molar-refractivity contribution is -0.386. The first-order valence-electron chi connectivity index (χ1n) is 6.46. The Balaban J connectivity index is 2.41. The molecule has 1 aromatic rings. The van der Waals surface area contributed by atoms with Crippen LogP contribution in [0.25, 0.3) is 0 Å². The lowest BCUT2D eigenvalue weighted by atomic mass is 9.92. The smallest absolute Gasteiger partial charge is 0.327 e. The van der Waals surface area contributed by atoms with Gasteiger partial charge in [0.2, 0.25) is 5.82 Å². The Morgan fingerprint density at radius 3 is 2.52 bits per heavy atom. The highest BCUT2D eigenvalue weighted by atomic mass is 19.1. The van der Waals surface area contributed by atoms with Crippen molar-refractivity contribution in [2.45, 2.75) is 37.6 Å². The van der Waals surface area contributed by atoms with Crippen LogP contribution in [0.4, 0.5) is 20.2 Å². The molecule has 1 aliphatic rings. The molecule has 114 valence electrons. The number of hydrogen-bond acceptors (Lipinski definition) is 4. The monoisotopic (exact) mass is 300 g/mol. The highest BCUT2D eigenvalue weighted by Gasteiger charge is 2.38. The van der Waals surface area contributed by atoms with E-state index < -0.39 is 33.8 Å². The fourth-order valence-corrected chi connectivity index (χ4v) is 2.82. The predicted octanol–water partition coefficient (Wildman–Crippen LogP) is 3.07. The number of hydrogen-bond donors (Lipinski definition) is 2. The van der Waals surface area contributed by atoms with Gasteiger partial charge in [0.1, 0.15) is 11.5 Å². The zero-order valence-corrected chi connectivity index (χ0v) is 11.1. The number of anilines is 1. The van der Waals surface area contributed by atoms with Gasteiger partial charge in [-0.1, -0.05) is 12.8 Å². The van der Waals surface area contributed by atoms with E-state index in [1.807, 2.05) is 0 Å². The van der Waals surface area contributed by atoms with E-state index in [1.165, 1.54) is 0 Å². The van der Waals surface area contributed by atoms with Crippen LogP contribution >= 0.6 is 0 Å². The Kier molecular flexibility index (Phi) is 4.06. The number of rotatable bonds is 5. The second-order valence-corrected chi connectivity index (χ2v) is 5.22. The molecule has 0 atom stereocenters. The first-order valence-corrected chi connectivity index (χ1v) is 6.46. The van der Waals surface area contributed by atoms with E-state index in [4.69, 9.17) is 5.11 Å². The molecule has 0 heterocycles. The third-order valence-electron chi connectivity index (χ3n) is 3.66. The zero-order valence-electron chi connectivity index (χ0n) is 11.1. The Bertz CT molecular complexity index is 586. The van der Waals surface area contributed by atoms with E-state index in [9.17, 15) is 23.7 Å². The maximum atomic E-state index is 13.6. The molecule has 0 unspecified atom stereocenters. The largest absolute Gasteiger partial charge is 0.481 e. The highest BCUT2D eigenvalue weighted by Crippen LogP contribution is 2.39. The summed E-state index contributed by atoms with van der Waals surface area (Å²) in [6.45, 7) is 0. The van der Waals surface area contributed by atoms with Crippen LogP contribution in [0.3, 0.4) is 0 Å². The number of halogens is 2. The summed E-state index contributed by atoms with van der Waals surface area (Å²) in [5.41, 5.74) is -2.09. The van der Waals surface area contributed by atoms with Gasteiger partial charge in [-0.25, -0.2) is 4.39 Å². The van der Waals surface area contributed by atoms with Crippen LogP contribution in [0.1, 0.15) is 32.1 Å². The molecule has 6 nitrogen and oxygen atoms in total. The minimum atomic E-state index is -1.29. The van der Waals surface area contributed by atoms with Crippen LogP contribution in [0.5, 0.6) is 0 Å². The number of carboxylic acids is 1. The van der Waals surface area contributed by atoms with Crippen molar-refractivity contribution in [2.75, 3.05) is 5.32 Å². The number of carboxylic acid groups (broad SMARTS) is 1. The van der Waals surface area contributed by atoms with Crippen LogP contribution in [0, 0.1) is 21.7 Å². The van der Waals surface area contributed by atoms with Gasteiger partial charge < -0.3 is 10.4 Å². The third kappa shape index (κ3) is 3.26. The Labute approximate surface area is 118 Å². The minimum Gasteiger partial charge on any atom is -0.481 e. The van der Waals surface area contributed by atoms with Crippen molar-refractivity contribution in [3.8, 4) is 0 Å². The minimum absolute atomic E-state index is 0.262. The van der Waals surface area contributed by atoms with Crippen molar-refractivity contribution in [3.63, 3.8) is 0 Å². The van der Waals surface area contributed by atoms with Crippen molar-refractivity contribution >= 4 is 17.3 Å². The van der Waals surface area contributed by atoms with E-state index in [1.54, 1.807) is 0 Å². The summed E-state index contributed by atoms with van der Waals surface area (Å²) in [6, 6.07) is 1.25. The molecule has 0 bridgehead atoms. The third-order valence-corrected chi connectivity index (χ3v) is 3.66. The average molecular weight is 300 g/mol. The van der Waals surface area contributed by atoms with Gasteiger partial charge >= 0.3 is 11.7 Å². The van der Waals surface area contributed by atoms with Crippen LogP contribution < -0.4 is 5.32 Å². The number of nitro benzene ring substituents is 1. The van der Waals surface area contributed by atoms with Crippen molar-refractivity contribution in [2.24, 2.45) is 0 Å². The van der Waals surface area contributed by atoms with Gasteiger partial charge in [-0.3, -0.25) is 14.9 Å². The molecule has 1 saturated carbocycles. The molecular weight excluding hydrogens is 286 g/mol. The molecule has 0 amide bonds. The topological polar surface area (TPSA) is 92.5 Å². The fraction of sp³-hybridized carbons (Fsp3) is 0.462. The van der Waals surface area contributed by atoms with Crippen LogP contribution in [-0.2, 0) is 4.79 Å². The summed E-state index contributed by atoms with van der Waals surface area (Å²) in [4.78, 5) is 21.0. The fourth-order valence-electron chi connectivity index (χ4n) is 2.82. The maximum absolute atomic E-state index is 13.6. The predicted molar refractivity (Wildman–Crippen MR) is 70.1 cm³/mol. The summed E-state index contributed by atoms with van der Waals surface area (Å²) in [5.74, 6) is -3.31. The number of nitrogens with one attached hydrogen (secondary N) is 1. The van der Waals surface area contributed by atoms with Gasteiger partial charge in [-0.2, -0.15) is 4.39 Å². The Hall–Kier alpha value is -2.25. The van der Waals surface area contributed by atoms with Gasteiger partial charge in [-0.05, 0) is 12.8 Å². The molecule has 21 heavy (non-hydrogen) atoms. The Morgan fingerprint density at radius 2 is 2.00 bits per heavy atom. The summed E-state index contributed by atoms with van der Waals surface area (Å²) in [6.07, 6.45) is 2.21. The zero-order chi connectivity index (χ0) is 15.6. The van der Waals surface area contributed by atoms with E-state index in [0.717, 1.165) is 18.9 Å². The van der Waals surface area contributed by atoms with Crippen LogP contribution in [0.2, 0.25) is 0 Å². The summed E-state index contributed by atoms with van der Waals surface area (Å²) < 4.78 is 26.9. The maximum Gasteiger partial charge on any atom is 0.327 e. The van der Waals surface area contributed by atoms with Gasteiger partial charge in [-0.15, -0.1) is 0 Å². The number of benzene rings is 1. The molecule has 0 spiro atoms. The first kappa shape index (κ1) is 15.1. The second-order valence-electron chi connectivity index (χ2n) is 5.22. The lowest BCUT2D eigenvalue weighted by Crippen LogP contribution is -2.37. The molecule has 0 aliphatic heterocycles. The summed E-state index contributed by atoms with van der Waals surface area (Å²) >= 11 is 0. The SMILES string of the molecule is O=C(O)CC1(Nc2cc(F)cc(F)c2[N+](=O)[O-])CCCC1. The molecule has 1 fully saturated rings. The van der Waals surface area contributed by atoms with Crippen molar-refractivity contribution in [1.82, 2.24) is 0 Å². The molecule has 2 N–H and O–H groups in total. The lowest BCUT2D eigenvalue weighted by Gasteiger charge is -2.29. The molecule has 0 saturated heterocycles. The van der Waals surface area contributed by atoms with Crippen LogP contribution in [-0.4, -0.2) is 21.5 Å². The molecular formula is C13H14F2N2O4. The van der Waals surface area contributed by atoms with Crippen molar-refractivity contribution in [3.05, 3.63) is 33.9 Å². The van der Waals surface area contributed by atoms with Gasteiger partial charge in [0.15, 0.2) is 0 Å². The van der Waals surface area contributed by atoms with E-state index >= 15 is 0 Å². The summed E-state index contributed by atoms with van der Waals surface area (Å²) in [5, 5.41) is 22.6. The number of nitrogens with zero attached hydrogens (tertiary/aromatic N) is 1. The highest BCUT2D eigenvalue weighted by molar-refractivity contribution is 5.71. The molecule has 1 aromatic carbocycles. The molecule has 8 heteroatoms. The quantitative estimate of drug-likeness (QED) is 0.644. The van der Waals surface area contributed by atoms with Crippen LogP contribution in [0.15, 0.2) is 12.1 Å². The second kappa shape index (κ2) is 5.63. The molecule has 0 aromatic heterocycles. The average Bonchev–Trinajstić information content (AvgIpc) is 2.74. The summed E-state index contributed by atoms with van der Waals surface area (Å²) in [7, 11) is 0. The Morgan fingerprint density at radius 1 is 1.38 bits per heavy atom. The number of carbonyl (C=O) groups is 1. The van der Waals surface area contributed by atoms with E-state index in [2.05, 4.69) is 5.32 Å². The van der Waals surface area contributed by atoms with E-state index in [-0.39, 0.29) is 12.1 Å². The first-order chi connectivity index (χ1) is 9.83. The van der Waals surface area contributed by atoms with Gasteiger partial charge in [0, 0.05) is 17.7 Å². The van der Waals surface area contributed by atoms with Crippen molar-refractivity contribution in [1.29, 1.82) is 0 Å².